The van der Waals surface area contributed by atoms with Crippen LogP contribution in [0.15, 0.2) is 46.9 Å². The van der Waals surface area contributed by atoms with Gasteiger partial charge >= 0.3 is 0 Å². The maximum atomic E-state index is 12.5. The van der Waals surface area contributed by atoms with Crippen LogP contribution in [0.2, 0.25) is 0 Å². The van der Waals surface area contributed by atoms with E-state index in [9.17, 15) is 18.9 Å². The van der Waals surface area contributed by atoms with Gasteiger partial charge in [-0.15, -0.1) is 0 Å². The van der Waals surface area contributed by atoms with Gasteiger partial charge in [0.2, 0.25) is 11.8 Å². The smallest absolute Gasteiger partial charge is 0.220 e. The van der Waals surface area contributed by atoms with E-state index < -0.39 is 23.1 Å². The van der Waals surface area contributed by atoms with E-state index in [1.165, 1.54) is 17.7 Å². The van der Waals surface area contributed by atoms with Gasteiger partial charge in [0.05, 0.1) is 18.5 Å². The number of nitrogens with zero attached hydrogens (tertiary/aromatic N) is 2. The molecule has 0 radical (unpaired) electrons. The summed E-state index contributed by atoms with van der Waals surface area (Å²) < 4.78 is 13.9. The normalized spacial score (nSPS) is 14.2. The zero-order valence-electron chi connectivity index (χ0n) is 17.6. The highest BCUT2D eigenvalue weighted by Crippen LogP contribution is 2.10. The van der Waals surface area contributed by atoms with Gasteiger partial charge in [-0.3, -0.25) is 14.6 Å². The number of aliphatic hydroxyl groups excluding tert-OH is 1. The van der Waals surface area contributed by atoms with E-state index in [-0.39, 0.29) is 36.2 Å². The fourth-order valence-electron chi connectivity index (χ4n) is 2.62. The van der Waals surface area contributed by atoms with Crippen LogP contribution in [0.1, 0.15) is 18.4 Å². The quantitative estimate of drug-likeness (QED) is 0.254. The first kappa shape index (κ1) is 25.5. The van der Waals surface area contributed by atoms with Crippen LogP contribution in [-0.4, -0.2) is 71.6 Å². The first-order valence-corrected chi connectivity index (χ1v) is 10.6. The highest BCUT2D eigenvalue weighted by Gasteiger charge is 2.25. The van der Waals surface area contributed by atoms with Crippen LogP contribution in [0.3, 0.4) is 0 Å². The zero-order chi connectivity index (χ0) is 22.5. The SMILES string of the molecule is C=C(NC=NC)S(=O)N(C)CC(O)C(Cc1ccccc1)NC(=O)CCC(=O)NC. The lowest BCUT2D eigenvalue weighted by Crippen LogP contribution is -2.49. The molecule has 1 aromatic carbocycles. The molecule has 0 bridgehead atoms. The molecule has 2 amide bonds. The highest BCUT2D eigenvalue weighted by molar-refractivity contribution is 7.86. The molecule has 0 aliphatic carbocycles. The molecule has 0 aliphatic rings. The van der Waals surface area contributed by atoms with Crippen LogP contribution in [0, 0.1) is 0 Å². The van der Waals surface area contributed by atoms with Crippen molar-refractivity contribution in [2.24, 2.45) is 4.99 Å². The molecule has 0 heterocycles. The molecule has 0 saturated heterocycles. The number of amides is 2. The van der Waals surface area contributed by atoms with E-state index in [0.29, 0.717) is 6.42 Å². The van der Waals surface area contributed by atoms with Crippen molar-refractivity contribution in [2.75, 3.05) is 27.7 Å². The number of rotatable bonds is 13. The zero-order valence-corrected chi connectivity index (χ0v) is 18.4. The molecule has 30 heavy (non-hydrogen) atoms. The van der Waals surface area contributed by atoms with Crippen molar-refractivity contribution in [3.05, 3.63) is 47.5 Å². The van der Waals surface area contributed by atoms with Gasteiger partial charge < -0.3 is 21.1 Å². The number of benzene rings is 1. The Morgan fingerprint density at radius 3 is 2.50 bits per heavy atom. The number of hydrogen-bond donors (Lipinski definition) is 4. The monoisotopic (exact) mass is 437 g/mol. The third-order valence-corrected chi connectivity index (χ3v) is 5.51. The standard InChI is InChI=1S/C20H31N5O4S/c1-15(23-14-21-2)30(29)25(4)13-18(26)17(12-16-8-6-5-7-9-16)24-20(28)11-10-19(27)22-3/h5-9,14,17-18,26H,1,10-13H2,2-4H3,(H,21,23)(H,22,27)(H,24,28). The number of carbonyl (C=O) groups excluding carboxylic acids is 2. The van der Waals surface area contributed by atoms with E-state index in [0.717, 1.165) is 5.56 Å². The molecular formula is C20H31N5O4S. The number of aliphatic hydroxyl groups is 1. The van der Waals surface area contributed by atoms with E-state index in [1.54, 1.807) is 14.1 Å². The van der Waals surface area contributed by atoms with Crippen molar-refractivity contribution >= 4 is 29.1 Å². The predicted molar refractivity (Wildman–Crippen MR) is 119 cm³/mol. The Labute approximate surface area is 180 Å². The summed E-state index contributed by atoms with van der Waals surface area (Å²) in [6.45, 7) is 3.73. The Hall–Kier alpha value is -2.56. The Morgan fingerprint density at radius 2 is 1.90 bits per heavy atom. The number of hydrogen-bond acceptors (Lipinski definition) is 5. The van der Waals surface area contributed by atoms with Crippen molar-refractivity contribution in [1.82, 2.24) is 20.3 Å². The number of carbonyl (C=O) groups is 2. The minimum atomic E-state index is -1.61. The van der Waals surface area contributed by atoms with Crippen LogP contribution in [0.4, 0.5) is 0 Å². The summed E-state index contributed by atoms with van der Waals surface area (Å²) in [6.07, 6.45) is 0.822. The van der Waals surface area contributed by atoms with E-state index >= 15 is 0 Å². The molecule has 3 unspecified atom stereocenters. The molecule has 0 spiro atoms. The van der Waals surface area contributed by atoms with E-state index in [2.05, 4.69) is 27.5 Å². The van der Waals surface area contributed by atoms with Crippen LogP contribution < -0.4 is 16.0 Å². The Morgan fingerprint density at radius 1 is 1.27 bits per heavy atom. The van der Waals surface area contributed by atoms with Crippen molar-refractivity contribution in [1.29, 1.82) is 0 Å². The Kier molecular flexibility index (Phi) is 11.6. The van der Waals surface area contributed by atoms with Crippen molar-refractivity contribution in [3.63, 3.8) is 0 Å². The maximum absolute atomic E-state index is 12.5. The van der Waals surface area contributed by atoms with Gasteiger partial charge in [-0.05, 0) is 12.0 Å². The summed E-state index contributed by atoms with van der Waals surface area (Å²) in [5.41, 5.74) is 0.933. The number of likely N-dealkylation sites (N-methyl/N-ethyl adjacent to an activating group) is 1. The fourth-order valence-corrected chi connectivity index (χ4v) is 3.43. The molecule has 9 nitrogen and oxygen atoms in total. The molecule has 0 fully saturated rings. The predicted octanol–water partition coefficient (Wildman–Crippen LogP) is -0.0846. The van der Waals surface area contributed by atoms with Gasteiger partial charge in [-0.1, -0.05) is 36.9 Å². The highest BCUT2D eigenvalue weighted by atomic mass is 32.2. The van der Waals surface area contributed by atoms with Gasteiger partial charge in [0.1, 0.15) is 16.0 Å². The molecule has 0 aromatic heterocycles. The number of nitrogens with one attached hydrogen (secondary N) is 3. The minimum Gasteiger partial charge on any atom is -0.390 e. The molecule has 0 saturated carbocycles. The third-order valence-electron chi connectivity index (χ3n) is 4.26. The van der Waals surface area contributed by atoms with Gasteiger partial charge in [0.25, 0.3) is 0 Å². The number of aliphatic imine (C=N–C) groups is 1. The second kappa shape index (κ2) is 13.6. The Balaban J connectivity index is 2.81. The van der Waals surface area contributed by atoms with Crippen LogP contribution in [0.25, 0.3) is 0 Å². The second-order valence-electron chi connectivity index (χ2n) is 6.62. The molecular weight excluding hydrogens is 406 g/mol. The summed E-state index contributed by atoms with van der Waals surface area (Å²) in [5.74, 6) is -0.574. The summed E-state index contributed by atoms with van der Waals surface area (Å²) in [5, 5.41) is 19.0. The molecule has 166 valence electrons. The Bertz CT molecular complexity index is 757. The average Bonchev–Trinajstić information content (AvgIpc) is 2.75. The fraction of sp³-hybridized carbons (Fsp3) is 0.450. The molecule has 1 aromatic rings. The largest absolute Gasteiger partial charge is 0.390 e. The average molecular weight is 438 g/mol. The summed E-state index contributed by atoms with van der Waals surface area (Å²) in [6, 6.07) is 8.80. The lowest BCUT2D eigenvalue weighted by Gasteiger charge is -2.28. The van der Waals surface area contributed by atoms with Crippen LogP contribution in [-0.2, 0) is 27.0 Å². The van der Waals surface area contributed by atoms with Crippen molar-refractivity contribution in [3.8, 4) is 0 Å². The maximum Gasteiger partial charge on any atom is 0.220 e. The second-order valence-corrected chi connectivity index (χ2v) is 8.23. The topological polar surface area (TPSA) is 123 Å². The first-order chi connectivity index (χ1) is 14.3. The summed E-state index contributed by atoms with van der Waals surface area (Å²) >= 11 is 0. The third kappa shape index (κ3) is 9.29. The molecule has 0 aliphatic heterocycles. The first-order valence-electron chi connectivity index (χ1n) is 9.49. The van der Waals surface area contributed by atoms with E-state index in [4.69, 9.17) is 0 Å². The van der Waals surface area contributed by atoms with Crippen molar-refractivity contribution < 1.29 is 18.9 Å². The van der Waals surface area contributed by atoms with E-state index in [1.807, 2.05) is 30.3 Å². The van der Waals surface area contributed by atoms with Gasteiger partial charge in [0.15, 0.2) is 0 Å². The molecule has 10 heteroatoms. The van der Waals surface area contributed by atoms with Gasteiger partial charge in [-0.2, -0.15) is 0 Å². The minimum absolute atomic E-state index is 0.0104. The summed E-state index contributed by atoms with van der Waals surface area (Å²) in [7, 11) is 3.05. The summed E-state index contributed by atoms with van der Waals surface area (Å²) in [4.78, 5) is 27.4. The lowest BCUT2D eigenvalue weighted by atomic mass is 10.0. The van der Waals surface area contributed by atoms with Crippen LogP contribution in [0.5, 0.6) is 0 Å². The van der Waals surface area contributed by atoms with Crippen molar-refractivity contribution in [2.45, 2.75) is 31.4 Å². The lowest BCUT2D eigenvalue weighted by molar-refractivity contribution is -0.127. The molecule has 4 N–H and O–H groups in total. The molecule has 3 atom stereocenters. The van der Waals surface area contributed by atoms with Crippen LogP contribution >= 0.6 is 0 Å². The van der Waals surface area contributed by atoms with Gasteiger partial charge in [-0.25, -0.2) is 8.51 Å². The van der Waals surface area contributed by atoms with Gasteiger partial charge in [0, 0.05) is 40.5 Å². The molecule has 1 rings (SSSR count).